The second-order valence-corrected chi connectivity index (χ2v) is 4.55. The maximum Gasteiger partial charge on any atom is 0.134 e. The van der Waals surface area contributed by atoms with E-state index >= 15 is 0 Å². The van der Waals surface area contributed by atoms with Crippen LogP contribution in [0.25, 0.3) is 0 Å². The second-order valence-electron chi connectivity index (χ2n) is 4.55. The number of nitrogens with two attached hydrogens (primary N) is 1. The molecule has 4 nitrogen and oxygen atoms in total. The van der Waals surface area contributed by atoms with Gasteiger partial charge in [0.05, 0.1) is 0 Å². The third-order valence-electron chi connectivity index (χ3n) is 3.17. The quantitative estimate of drug-likeness (QED) is 0.794. The van der Waals surface area contributed by atoms with Gasteiger partial charge in [0.2, 0.25) is 0 Å². The zero-order valence-electron chi connectivity index (χ0n) is 9.69. The SMILES string of the molecule is CC(O)(CN)c1cccnc1N1CCCC1. The Hall–Kier alpha value is -1.13. The van der Waals surface area contributed by atoms with E-state index in [1.165, 1.54) is 12.8 Å². The van der Waals surface area contributed by atoms with E-state index in [9.17, 15) is 5.11 Å². The molecule has 3 N–H and O–H groups in total. The van der Waals surface area contributed by atoms with E-state index in [1.807, 2.05) is 12.1 Å². The number of rotatable bonds is 3. The van der Waals surface area contributed by atoms with Crippen molar-refractivity contribution in [3.63, 3.8) is 0 Å². The van der Waals surface area contributed by atoms with Crippen LogP contribution >= 0.6 is 0 Å². The molecule has 1 atom stereocenters. The van der Waals surface area contributed by atoms with Crippen LogP contribution in [0.4, 0.5) is 5.82 Å². The first kappa shape index (κ1) is 11.4. The molecule has 0 saturated carbocycles. The smallest absolute Gasteiger partial charge is 0.134 e. The van der Waals surface area contributed by atoms with Crippen LogP contribution in [0.5, 0.6) is 0 Å². The summed E-state index contributed by atoms with van der Waals surface area (Å²) in [5, 5.41) is 10.2. The highest BCUT2D eigenvalue weighted by molar-refractivity contribution is 5.50. The molecule has 88 valence electrons. The lowest BCUT2D eigenvalue weighted by Crippen LogP contribution is -2.34. The predicted molar refractivity (Wildman–Crippen MR) is 64.3 cm³/mol. The summed E-state index contributed by atoms with van der Waals surface area (Å²) in [7, 11) is 0. The molecular formula is C12H19N3O. The molecule has 2 heterocycles. The van der Waals surface area contributed by atoms with Crippen LogP contribution in [0.2, 0.25) is 0 Å². The number of hydrogen-bond donors (Lipinski definition) is 2. The fourth-order valence-corrected chi connectivity index (χ4v) is 2.11. The molecule has 1 fully saturated rings. The van der Waals surface area contributed by atoms with E-state index in [-0.39, 0.29) is 6.54 Å². The highest BCUT2D eigenvalue weighted by atomic mass is 16.3. The number of anilines is 1. The average Bonchev–Trinajstić information content (AvgIpc) is 2.82. The van der Waals surface area contributed by atoms with Gasteiger partial charge in [0.25, 0.3) is 0 Å². The molecule has 1 aliphatic rings. The van der Waals surface area contributed by atoms with E-state index in [4.69, 9.17) is 5.73 Å². The molecule has 1 aliphatic heterocycles. The summed E-state index contributed by atoms with van der Waals surface area (Å²) >= 11 is 0. The van der Waals surface area contributed by atoms with Crippen LogP contribution in [0.15, 0.2) is 18.3 Å². The Morgan fingerprint density at radius 3 is 2.81 bits per heavy atom. The normalized spacial score (nSPS) is 19.8. The molecule has 1 unspecified atom stereocenters. The monoisotopic (exact) mass is 221 g/mol. The maximum absolute atomic E-state index is 10.2. The molecule has 0 radical (unpaired) electrons. The maximum atomic E-state index is 10.2. The van der Waals surface area contributed by atoms with E-state index < -0.39 is 5.60 Å². The fourth-order valence-electron chi connectivity index (χ4n) is 2.11. The van der Waals surface area contributed by atoms with Crippen molar-refractivity contribution in [1.29, 1.82) is 0 Å². The molecule has 0 amide bonds. The minimum absolute atomic E-state index is 0.208. The summed E-state index contributed by atoms with van der Waals surface area (Å²) in [6.45, 7) is 3.98. The van der Waals surface area contributed by atoms with Crippen molar-refractivity contribution >= 4 is 5.82 Å². The van der Waals surface area contributed by atoms with Crippen molar-refractivity contribution in [2.45, 2.75) is 25.4 Å². The minimum Gasteiger partial charge on any atom is -0.384 e. The lowest BCUT2D eigenvalue weighted by atomic mass is 9.96. The Kier molecular flexibility index (Phi) is 3.12. The minimum atomic E-state index is -0.994. The Morgan fingerprint density at radius 2 is 2.19 bits per heavy atom. The zero-order valence-corrected chi connectivity index (χ0v) is 9.69. The van der Waals surface area contributed by atoms with Gasteiger partial charge in [-0.05, 0) is 25.8 Å². The van der Waals surface area contributed by atoms with Crippen molar-refractivity contribution in [2.24, 2.45) is 5.73 Å². The summed E-state index contributed by atoms with van der Waals surface area (Å²) in [6.07, 6.45) is 4.16. The van der Waals surface area contributed by atoms with Gasteiger partial charge in [-0.2, -0.15) is 0 Å². The predicted octanol–water partition coefficient (Wildman–Crippen LogP) is 0.848. The molecule has 4 heteroatoms. The summed E-state index contributed by atoms with van der Waals surface area (Å²) in [6, 6.07) is 3.76. The molecule has 0 aromatic carbocycles. The first-order chi connectivity index (χ1) is 7.65. The van der Waals surface area contributed by atoms with Crippen LogP contribution in [-0.4, -0.2) is 29.7 Å². The summed E-state index contributed by atoms with van der Waals surface area (Å²) in [4.78, 5) is 6.61. The number of nitrogens with zero attached hydrogens (tertiary/aromatic N) is 2. The van der Waals surface area contributed by atoms with Gasteiger partial charge in [-0.3, -0.25) is 0 Å². The fraction of sp³-hybridized carbons (Fsp3) is 0.583. The van der Waals surface area contributed by atoms with Crippen LogP contribution in [0.3, 0.4) is 0 Å². The van der Waals surface area contributed by atoms with Gasteiger partial charge in [0.1, 0.15) is 11.4 Å². The van der Waals surface area contributed by atoms with Crippen LogP contribution in [0.1, 0.15) is 25.3 Å². The Morgan fingerprint density at radius 1 is 1.50 bits per heavy atom. The second kappa shape index (κ2) is 4.39. The summed E-state index contributed by atoms with van der Waals surface area (Å²) in [5.74, 6) is 0.885. The van der Waals surface area contributed by atoms with Crippen LogP contribution in [-0.2, 0) is 5.60 Å². The standard InChI is InChI=1S/C12H19N3O/c1-12(16,9-13)10-5-4-6-14-11(10)15-7-2-3-8-15/h4-6,16H,2-3,7-9,13H2,1H3. The summed E-state index contributed by atoms with van der Waals surface area (Å²) < 4.78 is 0. The number of aliphatic hydroxyl groups is 1. The van der Waals surface area contributed by atoms with Gasteiger partial charge in [0.15, 0.2) is 0 Å². The van der Waals surface area contributed by atoms with Gasteiger partial charge >= 0.3 is 0 Å². The van der Waals surface area contributed by atoms with E-state index in [0.29, 0.717) is 0 Å². The third-order valence-corrected chi connectivity index (χ3v) is 3.17. The Bertz CT molecular complexity index is 359. The zero-order chi connectivity index (χ0) is 11.6. The number of pyridine rings is 1. The van der Waals surface area contributed by atoms with Gasteiger partial charge < -0.3 is 15.7 Å². The lowest BCUT2D eigenvalue weighted by Gasteiger charge is -2.28. The van der Waals surface area contributed by atoms with Gasteiger partial charge in [0, 0.05) is 31.4 Å². The molecule has 1 aromatic rings. The van der Waals surface area contributed by atoms with Gasteiger partial charge in [-0.15, -0.1) is 0 Å². The first-order valence-corrected chi connectivity index (χ1v) is 5.78. The van der Waals surface area contributed by atoms with E-state index in [1.54, 1.807) is 13.1 Å². The highest BCUT2D eigenvalue weighted by Crippen LogP contribution is 2.29. The van der Waals surface area contributed by atoms with Crippen molar-refractivity contribution in [1.82, 2.24) is 4.98 Å². The molecule has 2 rings (SSSR count). The summed E-state index contributed by atoms with van der Waals surface area (Å²) in [5.41, 5.74) is 5.45. The highest BCUT2D eigenvalue weighted by Gasteiger charge is 2.28. The third kappa shape index (κ3) is 2.03. The molecule has 0 bridgehead atoms. The number of aromatic nitrogens is 1. The molecule has 0 aliphatic carbocycles. The molecule has 1 aromatic heterocycles. The van der Waals surface area contributed by atoms with Crippen molar-refractivity contribution < 1.29 is 5.11 Å². The molecular weight excluding hydrogens is 202 g/mol. The van der Waals surface area contributed by atoms with Crippen molar-refractivity contribution in [3.8, 4) is 0 Å². The topological polar surface area (TPSA) is 62.4 Å². The van der Waals surface area contributed by atoms with Crippen molar-refractivity contribution in [2.75, 3.05) is 24.5 Å². The Labute approximate surface area is 96.1 Å². The molecule has 1 saturated heterocycles. The van der Waals surface area contributed by atoms with Crippen LogP contribution < -0.4 is 10.6 Å². The molecule has 16 heavy (non-hydrogen) atoms. The first-order valence-electron chi connectivity index (χ1n) is 5.78. The average molecular weight is 221 g/mol. The van der Waals surface area contributed by atoms with Gasteiger partial charge in [-0.1, -0.05) is 6.07 Å². The largest absolute Gasteiger partial charge is 0.384 e. The van der Waals surface area contributed by atoms with E-state index in [0.717, 1.165) is 24.5 Å². The van der Waals surface area contributed by atoms with Crippen LogP contribution in [0, 0.1) is 0 Å². The lowest BCUT2D eigenvalue weighted by molar-refractivity contribution is 0.0670. The van der Waals surface area contributed by atoms with Gasteiger partial charge in [-0.25, -0.2) is 4.98 Å². The van der Waals surface area contributed by atoms with Crippen molar-refractivity contribution in [3.05, 3.63) is 23.9 Å². The Balaban J connectivity index is 2.37. The molecule has 0 spiro atoms. The number of hydrogen-bond acceptors (Lipinski definition) is 4. The van der Waals surface area contributed by atoms with E-state index in [2.05, 4.69) is 9.88 Å².